The lowest BCUT2D eigenvalue weighted by Crippen LogP contribution is -2.23. The van der Waals surface area contributed by atoms with Gasteiger partial charge in [-0.3, -0.25) is 4.98 Å². The van der Waals surface area contributed by atoms with E-state index in [-0.39, 0.29) is 0 Å². The fourth-order valence-electron chi connectivity index (χ4n) is 2.23. The number of benzene rings is 1. The van der Waals surface area contributed by atoms with E-state index in [0.717, 1.165) is 18.9 Å². The van der Waals surface area contributed by atoms with E-state index >= 15 is 0 Å². The zero-order valence-corrected chi connectivity index (χ0v) is 9.98. The monoisotopic (exact) mass is 224 g/mol. The minimum absolute atomic E-state index is 0.739. The van der Waals surface area contributed by atoms with Crippen LogP contribution < -0.4 is 5.32 Å². The Bertz CT molecular complexity index is 572. The Balaban J connectivity index is 2.01. The number of allylic oxidation sites excluding steroid dienone is 1. The summed E-state index contributed by atoms with van der Waals surface area (Å²) in [5.74, 6) is 0.739. The molecule has 1 aliphatic rings. The summed E-state index contributed by atoms with van der Waals surface area (Å²) < 4.78 is 0. The number of nitrogens with one attached hydrogen (secondary N) is 1. The third-order valence-corrected chi connectivity index (χ3v) is 3.32. The number of nitrogens with zero attached hydrogens (tertiary/aromatic N) is 1. The Kier molecular flexibility index (Phi) is 2.56. The standard InChI is InChI=1S/C15H16N2/c1-11-2-5-15(17-9-11)13-3-4-14-10-16-7-6-12(14)8-13/h3-8,10-11,17H,2,9H2,1H3. The van der Waals surface area contributed by atoms with Crippen molar-refractivity contribution in [3.05, 3.63) is 48.3 Å². The molecule has 0 spiro atoms. The zero-order chi connectivity index (χ0) is 11.7. The Morgan fingerprint density at radius 3 is 3.00 bits per heavy atom. The lowest BCUT2D eigenvalue weighted by atomic mass is 9.99. The predicted octanol–water partition coefficient (Wildman–Crippen LogP) is 3.21. The van der Waals surface area contributed by atoms with Crippen molar-refractivity contribution < 1.29 is 0 Å². The largest absolute Gasteiger partial charge is 0.385 e. The molecule has 0 amide bonds. The molecular weight excluding hydrogens is 208 g/mol. The Hall–Kier alpha value is -1.83. The first-order valence-electron chi connectivity index (χ1n) is 6.11. The summed E-state index contributed by atoms with van der Waals surface area (Å²) in [5.41, 5.74) is 2.54. The van der Waals surface area contributed by atoms with Crippen molar-refractivity contribution in [2.75, 3.05) is 6.54 Å². The maximum absolute atomic E-state index is 4.13. The molecule has 2 nitrogen and oxygen atoms in total. The average Bonchev–Trinajstić information content (AvgIpc) is 2.39. The van der Waals surface area contributed by atoms with Gasteiger partial charge < -0.3 is 5.32 Å². The quantitative estimate of drug-likeness (QED) is 0.804. The van der Waals surface area contributed by atoms with Crippen LogP contribution in [0.1, 0.15) is 18.9 Å². The van der Waals surface area contributed by atoms with Gasteiger partial charge in [0.2, 0.25) is 0 Å². The van der Waals surface area contributed by atoms with E-state index in [1.165, 1.54) is 22.0 Å². The van der Waals surface area contributed by atoms with Crippen LogP contribution in [0.3, 0.4) is 0 Å². The van der Waals surface area contributed by atoms with Gasteiger partial charge >= 0.3 is 0 Å². The summed E-state index contributed by atoms with van der Waals surface area (Å²) in [5, 5.41) is 5.94. The summed E-state index contributed by atoms with van der Waals surface area (Å²) in [6.07, 6.45) is 7.22. The van der Waals surface area contributed by atoms with Crippen molar-refractivity contribution in [3.63, 3.8) is 0 Å². The predicted molar refractivity (Wildman–Crippen MR) is 71.5 cm³/mol. The van der Waals surface area contributed by atoms with Gasteiger partial charge in [-0.05, 0) is 35.4 Å². The Morgan fingerprint density at radius 2 is 2.18 bits per heavy atom. The van der Waals surface area contributed by atoms with E-state index < -0.39 is 0 Å². The number of fused-ring (bicyclic) bond motifs is 1. The van der Waals surface area contributed by atoms with Crippen LogP contribution in [-0.2, 0) is 0 Å². The van der Waals surface area contributed by atoms with Crippen LogP contribution in [0.2, 0.25) is 0 Å². The highest BCUT2D eigenvalue weighted by molar-refractivity contribution is 5.85. The second kappa shape index (κ2) is 4.21. The summed E-state index contributed by atoms with van der Waals surface area (Å²) in [6.45, 7) is 3.34. The van der Waals surface area contributed by atoms with Gasteiger partial charge in [0.05, 0.1) is 0 Å². The fourth-order valence-corrected chi connectivity index (χ4v) is 2.23. The molecule has 1 unspecified atom stereocenters. The van der Waals surface area contributed by atoms with Crippen LogP contribution in [0, 0.1) is 5.92 Å². The number of rotatable bonds is 1. The minimum atomic E-state index is 0.739. The Morgan fingerprint density at radius 1 is 1.24 bits per heavy atom. The highest BCUT2D eigenvalue weighted by atomic mass is 14.9. The number of aromatic nitrogens is 1. The van der Waals surface area contributed by atoms with Gasteiger partial charge in [-0.15, -0.1) is 0 Å². The second-order valence-corrected chi connectivity index (χ2v) is 4.78. The first kappa shape index (κ1) is 10.3. The minimum Gasteiger partial charge on any atom is -0.385 e. The van der Waals surface area contributed by atoms with Gasteiger partial charge in [-0.2, -0.15) is 0 Å². The molecule has 86 valence electrons. The lowest BCUT2D eigenvalue weighted by molar-refractivity contribution is 0.550. The van der Waals surface area contributed by atoms with Gasteiger partial charge in [-0.1, -0.05) is 25.1 Å². The number of hydrogen-bond acceptors (Lipinski definition) is 2. The summed E-state index contributed by atoms with van der Waals surface area (Å²) in [7, 11) is 0. The van der Waals surface area contributed by atoms with Gasteiger partial charge in [0.15, 0.2) is 0 Å². The summed E-state index contributed by atoms with van der Waals surface area (Å²) in [6, 6.07) is 8.59. The number of hydrogen-bond donors (Lipinski definition) is 1. The molecule has 1 aliphatic heterocycles. The van der Waals surface area contributed by atoms with Crippen molar-refractivity contribution in [1.82, 2.24) is 10.3 Å². The van der Waals surface area contributed by atoms with E-state index in [1.54, 1.807) is 0 Å². The van der Waals surface area contributed by atoms with E-state index in [2.05, 4.69) is 47.6 Å². The smallest absolute Gasteiger partial charge is 0.0373 e. The number of pyridine rings is 1. The molecule has 2 aromatic rings. The molecule has 3 rings (SSSR count). The normalized spacial score (nSPS) is 19.8. The molecule has 0 bridgehead atoms. The van der Waals surface area contributed by atoms with Gasteiger partial charge in [-0.25, -0.2) is 0 Å². The maximum Gasteiger partial charge on any atom is 0.0373 e. The van der Waals surface area contributed by atoms with E-state index in [0.29, 0.717) is 0 Å². The van der Waals surface area contributed by atoms with Crippen LogP contribution >= 0.6 is 0 Å². The van der Waals surface area contributed by atoms with Crippen molar-refractivity contribution in [1.29, 1.82) is 0 Å². The molecule has 1 N–H and O–H groups in total. The topological polar surface area (TPSA) is 24.9 Å². The third-order valence-electron chi connectivity index (χ3n) is 3.32. The highest BCUT2D eigenvalue weighted by Gasteiger charge is 2.10. The molecule has 0 saturated carbocycles. The van der Waals surface area contributed by atoms with Gasteiger partial charge in [0, 0.05) is 30.0 Å². The van der Waals surface area contributed by atoms with Crippen molar-refractivity contribution in [3.8, 4) is 0 Å². The molecule has 0 radical (unpaired) electrons. The molecule has 2 heterocycles. The van der Waals surface area contributed by atoms with Crippen LogP contribution in [0.15, 0.2) is 42.7 Å². The van der Waals surface area contributed by atoms with Crippen LogP contribution in [0.5, 0.6) is 0 Å². The lowest BCUT2D eigenvalue weighted by Gasteiger charge is -2.21. The van der Waals surface area contributed by atoms with E-state index in [1.807, 2.05) is 12.4 Å². The fraction of sp³-hybridized carbons (Fsp3) is 0.267. The van der Waals surface area contributed by atoms with Crippen LogP contribution in [0.25, 0.3) is 16.5 Å². The Labute approximate surface area is 101 Å². The summed E-state index contributed by atoms with van der Waals surface area (Å²) in [4.78, 5) is 4.13. The first-order valence-corrected chi connectivity index (χ1v) is 6.11. The molecule has 0 saturated heterocycles. The molecule has 0 aliphatic carbocycles. The van der Waals surface area contributed by atoms with Gasteiger partial charge in [0.1, 0.15) is 0 Å². The molecule has 17 heavy (non-hydrogen) atoms. The molecule has 1 aromatic carbocycles. The van der Waals surface area contributed by atoms with Gasteiger partial charge in [0.25, 0.3) is 0 Å². The van der Waals surface area contributed by atoms with E-state index in [4.69, 9.17) is 0 Å². The van der Waals surface area contributed by atoms with Crippen molar-refractivity contribution >= 4 is 16.5 Å². The third kappa shape index (κ3) is 2.03. The SMILES string of the molecule is CC1CC=C(c2ccc3cnccc3c2)NC1. The zero-order valence-electron chi connectivity index (χ0n) is 9.98. The summed E-state index contributed by atoms with van der Waals surface area (Å²) >= 11 is 0. The molecule has 2 heteroatoms. The maximum atomic E-state index is 4.13. The van der Waals surface area contributed by atoms with Crippen LogP contribution in [0.4, 0.5) is 0 Å². The molecular formula is C15H16N2. The van der Waals surface area contributed by atoms with Crippen LogP contribution in [-0.4, -0.2) is 11.5 Å². The molecule has 1 atom stereocenters. The van der Waals surface area contributed by atoms with E-state index in [9.17, 15) is 0 Å². The van der Waals surface area contributed by atoms with Crippen molar-refractivity contribution in [2.45, 2.75) is 13.3 Å². The average molecular weight is 224 g/mol. The van der Waals surface area contributed by atoms with Crippen molar-refractivity contribution in [2.24, 2.45) is 5.92 Å². The highest BCUT2D eigenvalue weighted by Crippen LogP contribution is 2.22. The molecule has 0 fully saturated rings. The molecule has 1 aromatic heterocycles. The second-order valence-electron chi connectivity index (χ2n) is 4.78. The first-order chi connectivity index (χ1) is 8.33.